The summed E-state index contributed by atoms with van der Waals surface area (Å²) >= 11 is 0. The molecule has 20 heavy (non-hydrogen) atoms. The van der Waals surface area contributed by atoms with Crippen molar-refractivity contribution in [1.82, 2.24) is 4.98 Å². The van der Waals surface area contributed by atoms with E-state index in [1.807, 2.05) is 0 Å². The topological polar surface area (TPSA) is 65.9 Å². The van der Waals surface area contributed by atoms with Crippen LogP contribution in [0.4, 0.5) is 11.5 Å². The van der Waals surface area contributed by atoms with E-state index in [0.29, 0.717) is 23.1 Å². The highest BCUT2D eigenvalue weighted by Gasteiger charge is 2.13. The third kappa shape index (κ3) is 5.08. The van der Waals surface area contributed by atoms with Gasteiger partial charge in [0, 0.05) is 19.3 Å². The van der Waals surface area contributed by atoms with E-state index in [1.54, 1.807) is 12.3 Å². The van der Waals surface area contributed by atoms with Crippen LogP contribution in [0, 0.1) is 23.2 Å². The molecule has 0 aliphatic rings. The predicted octanol–water partition coefficient (Wildman–Crippen LogP) is 3.43. The van der Waals surface area contributed by atoms with E-state index >= 15 is 0 Å². The van der Waals surface area contributed by atoms with Gasteiger partial charge in [0.25, 0.3) is 0 Å². The van der Waals surface area contributed by atoms with E-state index in [-0.39, 0.29) is 0 Å². The first kappa shape index (κ1) is 16.3. The molecule has 1 aromatic heterocycles. The van der Waals surface area contributed by atoms with Crippen molar-refractivity contribution in [3.8, 4) is 6.07 Å². The summed E-state index contributed by atoms with van der Waals surface area (Å²) in [6.45, 7) is 10.8. The zero-order chi connectivity index (χ0) is 15.1. The van der Waals surface area contributed by atoms with Crippen molar-refractivity contribution in [3.63, 3.8) is 0 Å². The van der Waals surface area contributed by atoms with Gasteiger partial charge in [0.05, 0.1) is 11.3 Å². The van der Waals surface area contributed by atoms with Crippen LogP contribution in [-0.4, -0.2) is 18.1 Å². The van der Waals surface area contributed by atoms with E-state index in [1.165, 1.54) is 0 Å². The fourth-order valence-corrected chi connectivity index (χ4v) is 1.95. The normalized spacial score (nSPS) is 10.8. The Balaban J connectivity index is 2.88. The number of rotatable bonds is 7. The van der Waals surface area contributed by atoms with Gasteiger partial charge < -0.3 is 10.6 Å². The quantitative estimate of drug-likeness (QED) is 0.827. The number of anilines is 2. The molecule has 0 aliphatic carbocycles. The van der Waals surface area contributed by atoms with Gasteiger partial charge in [0.15, 0.2) is 5.82 Å². The third-order valence-corrected chi connectivity index (χ3v) is 3.28. The number of nitriles is 1. The first-order valence-corrected chi connectivity index (χ1v) is 7.34. The largest absolute Gasteiger partial charge is 0.396 e. The lowest BCUT2D eigenvalue weighted by Gasteiger charge is -2.26. The van der Waals surface area contributed by atoms with Gasteiger partial charge in [-0.3, -0.25) is 0 Å². The molecule has 1 heterocycles. The maximum atomic E-state index is 8.88. The Morgan fingerprint density at radius 1 is 1.20 bits per heavy atom. The Labute approximate surface area is 122 Å². The average molecular weight is 274 g/mol. The smallest absolute Gasteiger partial charge is 0.151 e. The van der Waals surface area contributed by atoms with Gasteiger partial charge in [-0.05, 0) is 30.7 Å². The summed E-state index contributed by atoms with van der Waals surface area (Å²) in [4.78, 5) is 6.63. The average Bonchev–Trinajstić information content (AvgIpc) is 2.39. The lowest BCUT2D eigenvalue weighted by atomic mass is 10.1. The van der Waals surface area contributed by atoms with Crippen molar-refractivity contribution in [2.24, 2.45) is 11.8 Å². The van der Waals surface area contributed by atoms with Gasteiger partial charge >= 0.3 is 0 Å². The Hall–Kier alpha value is -1.76. The zero-order valence-corrected chi connectivity index (χ0v) is 13.1. The SMILES string of the molecule is CC(C)CCN(CCC(C)C)c1ncc(C#N)cc1N. The van der Waals surface area contributed by atoms with E-state index in [0.717, 1.165) is 31.7 Å². The summed E-state index contributed by atoms with van der Waals surface area (Å²) in [5.41, 5.74) is 7.16. The molecule has 0 bridgehead atoms. The van der Waals surface area contributed by atoms with Crippen molar-refractivity contribution < 1.29 is 0 Å². The molecule has 0 amide bonds. The van der Waals surface area contributed by atoms with Crippen molar-refractivity contribution in [2.45, 2.75) is 40.5 Å². The van der Waals surface area contributed by atoms with E-state index in [4.69, 9.17) is 11.0 Å². The Bertz CT molecular complexity index is 448. The van der Waals surface area contributed by atoms with Gasteiger partial charge in [-0.25, -0.2) is 4.98 Å². The number of pyridine rings is 1. The van der Waals surface area contributed by atoms with Crippen molar-refractivity contribution >= 4 is 11.5 Å². The first-order chi connectivity index (χ1) is 9.43. The second-order valence-corrected chi connectivity index (χ2v) is 6.10. The van der Waals surface area contributed by atoms with Crippen LogP contribution in [-0.2, 0) is 0 Å². The van der Waals surface area contributed by atoms with Crippen LogP contribution in [0.3, 0.4) is 0 Å². The highest BCUT2D eigenvalue weighted by Crippen LogP contribution is 2.23. The molecule has 0 saturated heterocycles. The van der Waals surface area contributed by atoms with Crippen molar-refractivity contribution in [3.05, 3.63) is 17.8 Å². The summed E-state index contributed by atoms with van der Waals surface area (Å²) in [7, 11) is 0. The molecule has 4 nitrogen and oxygen atoms in total. The fraction of sp³-hybridized carbons (Fsp3) is 0.625. The molecular formula is C16H26N4. The number of nitrogen functional groups attached to an aromatic ring is 1. The summed E-state index contributed by atoms with van der Waals surface area (Å²) in [5, 5.41) is 8.88. The Morgan fingerprint density at radius 3 is 2.15 bits per heavy atom. The van der Waals surface area contributed by atoms with Crippen LogP contribution < -0.4 is 10.6 Å². The van der Waals surface area contributed by atoms with Gasteiger partial charge in [0.2, 0.25) is 0 Å². The maximum absolute atomic E-state index is 8.88. The number of hydrogen-bond donors (Lipinski definition) is 1. The van der Waals surface area contributed by atoms with Crippen molar-refractivity contribution in [2.75, 3.05) is 23.7 Å². The molecule has 0 unspecified atom stereocenters. The zero-order valence-electron chi connectivity index (χ0n) is 13.1. The molecule has 0 aliphatic heterocycles. The standard InChI is InChI=1S/C16H26N4/c1-12(2)5-7-20(8-6-13(3)4)16-15(18)9-14(10-17)11-19-16/h9,11-13H,5-8,18H2,1-4H3. The molecule has 0 atom stereocenters. The van der Waals surface area contributed by atoms with Gasteiger partial charge in [-0.1, -0.05) is 27.7 Å². The van der Waals surface area contributed by atoms with Gasteiger partial charge in [-0.2, -0.15) is 5.26 Å². The van der Waals surface area contributed by atoms with Crippen molar-refractivity contribution in [1.29, 1.82) is 5.26 Å². The molecule has 0 radical (unpaired) electrons. The molecule has 1 rings (SSSR count). The Kier molecular flexibility index (Phi) is 6.30. The highest BCUT2D eigenvalue weighted by atomic mass is 15.2. The minimum atomic E-state index is 0.513. The molecule has 2 N–H and O–H groups in total. The first-order valence-electron chi connectivity index (χ1n) is 7.34. The second kappa shape index (κ2) is 7.74. The van der Waals surface area contributed by atoms with Gasteiger partial charge in [-0.15, -0.1) is 0 Å². The number of hydrogen-bond acceptors (Lipinski definition) is 4. The van der Waals surface area contributed by atoms with Crippen LogP contribution in [0.2, 0.25) is 0 Å². The van der Waals surface area contributed by atoms with Crippen LogP contribution in [0.5, 0.6) is 0 Å². The number of aromatic nitrogens is 1. The lowest BCUT2D eigenvalue weighted by molar-refractivity contribution is 0.533. The van der Waals surface area contributed by atoms with E-state index < -0.39 is 0 Å². The third-order valence-electron chi connectivity index (χ3n) is 3.28. The summed E-state index contributed by atoms with van der Waals surface area (Å²) in [6, 6.07) is 3.78. The minimum absolute atomic E-state index is 0.513. The number of nitrogens with zero attached hydrogens (tertiary/aromatic N) is 3. The minimum Gasteiger partial charge on any atom is -0.396 e. The van der Waals surface area contributed by atoms with Crippen LogP contribution >= 0.6 is 0 Å². The van der Waals surface area contributed by atoms with E-state index in [9.17, 15) is 0 Å². The molecule has 0 saturated carbocycles. The monoisotopic (exact) mass is 274 g/mol. The fourth-order valence-electron chi connectivity index (χ4n) is 1.95. The van der Waals surface area contributed by atoms with Gasteiger partial charge in [0.1, 0.15) is 6.07 Å². The van der Waals surface area contributed by atoms with Crippen LogP contribution in [0.1, 0.15) is 46.1 Å². The van der Waals surface area contributed by atoms with Crippen LogP contribution in [0.15, 0.2) is 12.3 Å². The molecule has 1 aromatic rings. The van der Waals surface area contributed by atoms with E-state index in [2.05, 4.69) is 43.6 Å². The molecule has 0 spiro atoms. The molecule has 0 aromatic carbocycles. The highest BCUT2D eigenvalue weighted by molar-refractivity contribution is 5.64. The van der Waals surface area contributed by atoms with Crippen LogP contribution in [0.25, 0.3) is 0 Å². The maximum Gasteiger partial charge on any atom is 0.151 e. The Morgan fingerprint density at radius 2 is 1.75 bits per heavy atom. The summed E-state index contributed by atoms with van der Waals surface area (Å²) in [5.74, 6) is 2.11. The number of nitrogens with two attached hydrogens (primary N) is 1. The summed E-state index contributed by atoms with van der Waals surface area (Å²) < 4.78 is 0. The molecule has 4 heteroatoms. The molecule has 110 valence electrons. The second-order valence-electron chi connectivity index (χ2n) is 6.10. The molecule has 0 fully saturated rings. The lowest BCUT2D eigenvalue weighted by Crippen LogP contribution is -2.29. The predicted molar refractivity (Wildman–Crippen MR) is 84.5 cm³/mol. The summed E-state index contributed by atoms with van der Waals surface area (Å²) in [6.07, 6.45) is 3.82. The molecular weight excluding hydrogens is 248 g/mol.